The number of hydrogen-bond acceptors (Lipinski definition) is 6. The van der Waals surface area contributed by atoms with Crippen molar-refractivity contribution in [2.45, 2.75) is 30.5 Å². The highest BCUT2D eigenvalue weighted by Gasteiger charge is 2.20. The Morgan fingerprint density at radius 3 is 3.05 bits per heavy atom. The van der Waals surface area contributed by atoms with Crippen LogP contribution in [0.25, 0.3) is 11.1 Å². The van der Waals surface area contributed by atoms with E-state index in [-0.39, 0.29) is 17.0 Å². The summed E-state index contributed by atoms with van der Waals surface area (Å²) in [6.45, 7) is 0.946. The molecule has 0 radical (unpaired) electrons. The number of aromatic nitrogens is 1. The standard InChI is InChI=1S/C13H15N3O4S/c17-16(18)10-4-5-12-11(7-10)15-13(20-12)21(19)8-9-3-1-2-6-14-9/h4-5,7,9,14H,1-3,6,8H2/t9-,21-/m1/s1. The summed E-state index contributed by atoms with van der Waals surface area (Å²) < 4.78 is 17.7. The Morgan fingerprint density at radius 2 is 2.33 bits per heavy atom. The normalized spacial score (nSPS) is 20.5. The summed E-state index contributed by atoms with van der Waals surface area (Å²) in [4.78, 5) is 14.4. The first-order valence-electron chi connectivity index (χ1n) is 6.80. The van der Waals surface area contributed by atoms with Crippen LogP contribution in [0.15, 0.2) is 27.8 Å². The second kappa shape index (κ2) is 5.90. The maximum atomic E-state index is 12.3. The molecule has 1 aliphatic rings. The zero-order valence-corrected chi connectivity index (χ0v) is 12.1. The van der Waals surface area contributed by atoms with E-state index < -0.39 is 15.7 Å². The molecule has 2 aromatic rings. The summed E-state index contributed by atoms with van der Waals surface area (Å²) in [7, 11) is -1.34. The Hall–Kier alpha value is -1.80. The molecule has 1 N–H and O–H groups in total. The molecule has 2 heterocycles. The molecule has 2 atom stereocenters. The van der Waals surface area contributed by atoms with Gasteiger partial charge in [-0.15, -0.1) is 0 Å². The second-order valence-corrected chi connectivity index (χ2v) is 6.42. The van der Waals surface area contributed by atoms with Crippen LogP contribution < -0.4 is 5.32 Å². The zero-order chi connectivity index (χ0) is 14.8. The van der Waals surface area contributed by atoms with Crippen molar-refractivity contribution in [2.75, 3.05) is 12.3 Å². The molecule has 21 heavy (non-hydrogen) atoms. The SMILES string of the molecule is O=[N+]([O-])c1ccc2oc([S@](=O)C[C@H]3CCCCN3)nc2c1. The predicted molar refractivity (Wildman–Crippen MR) is 77.6 cm³/mol. The van der Waals surface area contributed by atoms with Crippen molar-refractivity contribution in [3.05, 3.63) is 28.3 Å². The van der Waals surface area contributed by atoms with Gasteiger partial charge in [0.2, 0.25) is 0 Å². The molecule has 1 aliphatic heterocycles. The monoisotopic (exact) mass is 309 g/mol. The summed E-state index contributed by atoms with van der Waals surface area (Å²) in [5.41, 5.74) is 0.729. The number of hydrogen-bond donors (Lipinski definition) is 1. The molecule has 0 amide bonds. The number of oxazole rings is 1. The Kier molecular flexibility index (Phi) is 3.98. The lowest BCUT2D eigenvalue weighted by atomic mass is 10.1. The number of nitrogens with one attached hydrogen (secondary N) is 1. The van der Waals surface area contributed by atoms with Gasteiger partial charge in [-0.3, -0.25) is 10.1 Å². The van der Waals surface area contributed by atoms with Gasteiger partial charge in [0.25, 0.3) is 10.9 Å². The molecule has 1 saturated heterocycles. The lowest BCUT2D eigenvalue weighted by Crippen LogP contribution is -2.38. The van der Waals surface area contributed by atoms with Crippen LogP contribution in [0.5, 0.6) is 0 Å². The number of non-ortho nitro benzene ring substituents is 1. The Labute approximate surface area is 123 Å². The number of piperidine rings is 1. The smallest absolute Gasteiger partial charge is 0.287 e. The topological polar surface area (TPSA) is 98.3 Å². The Morgan fingerprint density at radius 1 is 1.48 bits per heavy atom. The van der Waals surface area contributed by atoms with Gasteiger partial charge < -0.3 is 9.73 Å². The lowest BCUT2D eigenvalue weighted by Gasteiger charge is -2.22. The van der Waals surface area contributed by atoms with Crippen molar-refractivity contribution in [1.29, 1.82) is 0 Å². The summed E-state index contributed by atoms with van der Waals surface area (Å²) >= 11 is 0. The van der Waals surface area contributed by atoms with E-state index in [2.05, 4.69) is 10.3 Å². The molecule has 3 rings (SSSR count). The summed E-state index contributed by atoms with van der Waals surface area (Å²) in [6, 6.07) is 4.38. The number of nitrogens with zero attached hydrogens (tertiary/aromatic N) is 2. The average molecular weight is 309 g/mol. The average Bonchev–Trinajstić information content (AvgIpc) is 2.91. The Bertz CT molecular complexity index is 694. The van der Waals surface area contributed by atoms with Crippen LogP contribution >= 0.6 is 0 Å². The number of benzene rings is 1. The molecule has 1 aromatic carbocycles. The number of fused-ring (bicyclic) bond motifs is 1. The molecular weight excluding hydrogens is 294 g/mol. The highest BCUT2D eigenvalue weighted by molar-refractivity contribution is 7.84. The molecule has 1 aromatic heterocycles. The van der Waals surface area contributed by atoms with Gasteiger partial charge in [-0.25, -0.2) is 9.19 Å². The Balaban J connectivity index is 1.79. The van der Waals surface area contributed by atoms with Crippen molar-refractivity contribution in [2.24, 2.45) is 0 Å². The van der Waals surface area contributed by atoms with Crippen LogP contribution in [0, 0.1) is 10.1 Å². The summed E-state index contributed by atoms with van der Waals surface area (Å²) in [5, 5.41) is 14.2. The number of nitro benzene ring substituents is 1. The minimum Gasteiger partial charge on any atom is -0.430 e. The van der Waals surface area contributed by atoms with Crippen molar-refractivity contribution in [3.8, 4) is 0 Å². The van der Waals surface area contributed by atoms with Gasteiger partial charge in [0, 0.05) is 23.9 Å². The van der Waals surface area contributed by atoms with Crippen molar-refractivity contribution in [1.82, 2.24) is 10.3 Å². The molecule has 7 nitrogen and oxygen atoms in total. The van der Waals surface area contributed by atoms with E-state index in [0.29, 0.717) is 16.9 Å². The molecule has 0 saturated carbocycles. The molecule has 1 fully saturated rings. The first-order chi connectivity index (χ1) is 10.1. The van der Waals surface area contributed by atoms with E-state index in [1.54, 1.807) is 0 Å². The molecule has 112 valence electrons. The fourth-order valence-corrected chi connectivity index (χ4v) is 3.60. The molecule has 0 aliphatic carbocycles. The largest absolute Gasteiger partial charge is 0.430 e. The van der Waals surface area contributed by atoms with Gasteiger partial charge in [0.05, 0.1) is 4.92 Å². The molecular formula is C13H15N3O4S. The fourth-order valence-electron chi connectivity index (χ4n) is 2.43. The highest BCUT2D eigenvalue weighted by Crippen LogP contribution is 2.23. The van der Waals surface area contributed by atoms with Crippen molar-refractivity contribution in [3.63, 3.8) is 0 Å². The van der Waals surface area contributed by atoms with E-state index in [0.717, 1.165) is 25.8 Å². The minimum atomic E-state index is -1.34. The van der Waals surface area contributed by atoms with Crippen LogP contribution in [0.2, 0.25) is 0 Å². The summed E-state index contributed by atoms with van der Waals surface area (Å²) in [5.74, 6) is 0.453. The van der Waals surface area contributed by atoms with Crippen LogP contribution in [0.1, 0.15) is 19.3 Å². The third kappa shape index (κ3) is 3.11. The number of nitro groups is 1. The molecule has 0 bridgehead atoms. The van der Waals surface area contributed by atoms with Gasteiger partial charge >= 0.3 is 0 Å². The first-order valence-corrected chi connectivity index (χ1v) is 8.12. The van der Waals surface area contributed by atoms with Gasteiger partial charge in [-0.2, -0.15) is 0 Å². The first kappa shape index (κ1) is 14.2. The fraction of sp³-hybridized carbons (Fsp3) is 0.462. The van der Waals surface area contributed by atoms with Gasteiger partial charge in [0.1, 0.15) is 16.3 Å². The van der Waals surface area contributed by atoms with Crippen LogP contribution in [0.4, 0.5) is 5.69 Å². The van der Waals surface area contributed by atoms with E-state index >= 15 is 0 Å². The predicted octanol–water partition coefficient (Wildman–Crippen LogP) is 1.99. The van der Waals surface area contributed by atoms with E-state index in [1.807, 2.05) is 0 Å². The van der Waals surface area contributed by atoms with Crippen LogP contribution in [-0.2, 0) is 10.8 Å². The molecule has 0 spiro atoms. The minimum absolute atomic E-state index is 0.0536. The van der Waals surface area contributed by atoms with Gasteiger partial charge in [0.15, 0.2) is 5.58 Å². The second-order valence-electron chi connectivity index (χ2n) is 5.05. The quantitative estimate of drug-likeness (QED) is 0.685. The zero-order valence-electron chi connectivity index (χ0n) is 11.3. The van der Waals surface area contributed by atoms with Gasteiger partial charge in [-0.05, 0) is 25.5 Å². The lowest BCUT2D eigenvalue weighted by molar-refractivity contribution is -0.384. The maximum absolute atomic E-state index is 12.3. The summed E-state index contributed by atoms with van der Waals surface area (Å²) in [6.07, 6.45) is 3.28. The van der Waals surface area contributed by atoms with E-state index in [1.165, 1.54) is 18.2 Å². The highest BCUT2D eigenvalue weighted by atomic mass is 32.2. The molecule has 0 unspecified atom stereocenters. The van der Waals surface area contributed by atoms with Crippen LogP contribution in [0.3, 0.4) is 0 Å². The van der Waals surface area contributed by atoms with Gasteiger partial charge in [-0.1, -0.05) is 6.42 Å². The third-order valence-electron chi connectivity index (χ3n) is 3.52. The third-order valence-corrected chi connectivity index (χ3v) is 4.79. The maximum Gasteiger partial charge on any atom is 0.287 e. The molecule has 8 heteroatoms. The van der Waals surface area contributed by atoms with Crippen molar-refractivity contribution >= 4 is 27.6 Å². The van der Waals surface area contributed by atoms with Crippen LogP contribution in [-0.4, -0.2) is 32.5 Å². The van der Waals surface area contributed by atoms with E-state index in [4.69, 9.17) is 4.42 Å². The van der Waals surface area contributed by atoms with E-state index in [9.17, 15) is 14.3 Å². The van der Waals surface area contributed by atoms with Crippen molar-refractivity contribution < 1.29 is 13.5 Å². The number of rotatable bonds is 4.